The molecule has 15 heavy (non-hydrogen) atoms. The number of carboxylic acids is 1. The summed E-state index contributed by atoms with van der Waals surface area (Å²) in [6, 6.07) is 5.01. The standard InChI is InChI=1S/C9H6I2O4/c10-5-3-1-2-4(6(5)11)7(12)8(13)9(14)15/h1-3,7,12H,(H,14,15). The highest BCUT2D eigenvalue weighted by Crippen LogP contribution is 2.25. The summed E-state index contributed by atoms with van der Waals surface area (Å²) < 4.78 is 1.56. The van der Waals surface area contributed by atoms with E-state index in [1.807, 2.05) is 51.2 Å². The van der Waals surface area contributed by atoms with Gasteiger partial charge in [0.25, 0.3) is 5.78 Å². The average Bonchev–Trinajstić information content (AvgIpc) is 2.20. The first-order chi connectivity index (χ1) is 6.95. The van der Waals surface area contributed by atoms with Crippen molar-refractivity contribution in [2.45, 2.75) is 6.10 Å². The van der Waals surface area contributed by atoms with Crippen LogP contribution in [0.15, 0.2) is 18.2 Å². The van der Waals surface area contributed by atoms with Crippen LogP contribution in [0.1, 0.15) is 11.7 Å². The lowest BCUT2D eigenvalue weighted by Crippen LogP contribution is -2.22. The number of halogens is 2. The Balaban J connectivity index is 3.12. The number of carbonyl (C=O) groups excluding carboxylic acids is 1. The van der Waals surface area contributed by atoms with E-state index < -0.39 is 17.9 Å². The lowest BCUT2D eigenvalue weighted by atomic mass is 10.1. The molecule has 0 heterocycles. The van der Waals surface area contributed by atoms with Crippen LogP contribution in [-0.4, -0.2) is 22.0 Å². The third kappa shape index (κ3) is 2.88. The Morgan fingerprint density at radius 1 is 1.27 bits per heavy atom. The molecule has 0 saturated carbocycles. The lowest BCUT2D eigenvalue weighted by molar-refractivity contribution is -0.153. The SMILES string of the molecule is O=C(O)C(=O)C(O)c1cccc(I)c1I. The van der Waals surface area contributed by atoms with Crippen molar-refractivity contribution in [1.82, 2.24) is 0 Å². The van der Waals surface area contributed by atoms with Crippen LogP contribution in [0.5, 0.6) is 0 Å². The van der Waals surface area contributed by atoms with Gasteiger partial charge in [-0.25, -0.2) is 4.79 Å². The number of rotatable bonds is 3. The largest absolute Gasteiger partial charge is 0.475 e. The van der Waals surface area contributed by atoms with Gasteiger partial charge in [-0.15, -0.1) is 0 Å². The molecule has 0 aliphatic rings. The lowest BCUT2D eigenvalue weighted by Gasteiger charge is -2.10. The molecule has 0 bridgehead atoms. The highest BCUT2D eigenvalue weighted by molar-refractivity contribution is 14.1. The second-order valence-corrected chi connectivity index (χ2v) is 4.96. The maximum Gasteiger partial charge on any atom is 0.375 e. The number of ketones is 1. The fraction of sp³-hybridized carbons (Fsp3) is 0.111. The molecule has 0 aliphatic carbocycles. The number of carboxylic acid groups (broad SMARTS) is 1. The fourth-order valence-electron chi connectivity index (χ4n) is 0.990. The Labute approximate surface area is 113 Å². The van der Waals surface area contributed by atoms with Crippen LogP contribution in [0.4, 0.5) is 0 Å². The summed E-state index contributed by atoms with van der Waals surface area (Å²) in [6.07, 6.45) is -1.59. The Kier molecular flexibility index (Phi) is 4.46. The van der Waals surface area contributed by atoms with Crippen LogP contribution in [-0.2, 0) is 9.59 Å². The summed E-state index contributed by atoms with van der Waals surface area (Å²) >= 11 is 4.01. The second kappa shape index (κ2) is 5.21. The van der Waals surface area contributed by atoms with Gasteiger partial charge >= 0.3 is 5.97 Å². The number of aliphatic carboxylic acids is 1. The Hall–Kier alpha value is -0.220. The van der Waals surface area contributed by atoms with E-state index in [0.29, 0.717) is 9.13 Å². The van der Waals surface area contributed by atoms with Crippen molar-refractivity contribution in [1.29, 1.82) is 0 Å². The van der Waals surface area contributed by atoms with Gasteiger partial charge in [-0.1, -0.05) is 12.1 Å². The minimum absolute atomic E-state index is 0.329. The monoisotopic (exact) mass is 432 g/mol. The Morgan fingerprint density at radius 3 is 2.40 bits per heavy atom. The number of Topliss-reactive ketones (excluding diaryl/α,β-unsaturated/α-hetero) is 1. The van der Waals surface area contributed by atoms with Crippen molar-refractivity contribution in [2.75, 3.05) is 0 Å². The molecule has 0 aliphatic heterocycles. The fourth-order valence-corrected chi connectivity index (χ4v) is 2.16. The number of aliphatic hydroxyl groups excluding tert-OH is 1. The molecule has 80 valence electrons. The van der Waals surface area contributed by atoms with Gasteiger partial charge < -0.3 is 10.2 Å². The molecule has 0 amide bonds. The Bertz CT molecular complexity index is 417. The summed E-state index contributed by atoms with van der Waals surface area (Å²) in [4.78, 5) is 21.4. The van der Waals surface area contributed by atoms with Gasteiger partial charge in [0, 0.05) is 12.7 Å². The Morgan fingerprint density at radius 2 is 1.87 bits per heavy atom. The summed E-state index contributed by atoms with van der Waals surface area (Å²) in [5.41, 5.74) is 0.329. The maximum absolute atomic E-state index is 11.1. The van der Waals surface area contributed by atoms with E-state index in [2.05, 4.69) is 0 Å². The third-order valence-electron chi connectivity index (χ3n) is 1.74. The molecule has 0 aromatic heterocycles. The molecule has 2 N–H and O–H groups in total. The van der Waals surface area contributed by atoms with Crippen molar-refractivity contribution >= 4 is 56.9 Å². The van der Waals surface area contributed by atoms with E-state index in [9.17, 15) is 14.7 Å². The minimum Gasteiger partial charge on any atom is -0.475 e. The first-order valence-corrected chi connectivity index (χ1v) is 6.00. The second-order valence-electron chi connectivity index (χ2n) is 2.71. The number of carbonyl (C=O) groups is 2. The minimum atomic E-state index is -1.63. The zero-order chi connectivity index (χ0) is 11.6. The van der Waals surface area contributed by atoms with Crippen molar-refractivity contribution in [3.8, 4) is 0 Å². The van der Waals surface area contributed by atoms with E-state index in [0.717, 1.165) is 3.57 Å². The topological polar surface area (TPSA) is 74.6 Å². The summed E-state index contributed by atoms with van der Waals surface area (Å²) in [5, 5.41) is 18.0. The third-order valence-corrected chi connectivity index (χ3v) is 4.87. The predicted molar refractivity (Wildman–Crippen MR) is 69.5 cm³/mol. The molecule has 1 unspecified atom stereocenters. The van der Waals surface area contributed by atoms with Crippen molar-refractivity contribution in [3.05, 3.63) is 30.9 Å². The summed E-state index contributed by atoms with van der Waals surface area (Å²) in [5.74, 6) is -2.84. The van der Waals surface area contributed by atoms with E-state index >= 15 is 0 Å². The van der Waals surface area contributed by atoms with Crippen LogP contribution >= 0.6 is 45.2 Å². The number of benzene rings is 1. The first-order valence-electron chi connectivity index (χ1n) is 3.84. The van der Waals surface area contributed by atoms with Gasteiger partial charge in [0.1, 0.15) is 6.10 Å². The van der Waals surface area contributed by atoms with E-state index in [-0.39, 0.29) is 0 Å². The van der Waals surface area contributed by atoms with Gasteiger partial charge in [0.2, 0.25) is 0 Å². The van der Waals surface area contributed by atoms with Gasteiger partial charge in [0.15, 0.2) is 0 Å². The van der Waals surface area contributed by atoms with Gasteiger partial charge in [-0.05, 0) is 51.2 Å². The molecular formula is C9H6I2O4. The van der Waals surface area contributed by atoms with Crippen LogP contribution in [0, 0.1) is 7.14 Å². The van der Waals surface area contributed by atoms with E-state index in [1.54, 1.807) is 6.07 Å². The average molecular weight is 432 g/mol. The molecule has 1 rings (SSSR count). The first kappa shape index (κ1) is 12.8. The smallest absolute Gasteiger partial charge is 0.375 e. The molecule has 6 heteroatoms. The van der Waals surface area contributed by atoms with Crippen molar-refractivity contribution in [2.24, 2.45) is 0 Å². The number of aliphatic hydroxyl groups is 1. The highest BCUT2D eigenvalue weighted by Gasteiger charge is 2.26. The maximum atomic E-state index is 11.1. The summed E-state index contributed by atoms with van der Waals surface area (Å²) in [6.45, 7) is 0. The highest BCUT2D eigenvalue weighted by atomic mass is 127. The molecule has 0 saturated heterocycles. The van der Waals surface area contributed by atoms with E-state index in [1.165, 1.54) is 6.07 Å². The van der Waals surface area contributed by atoms with Crippen molar-refractivity contribution in [3.63, 3.8) is 0 Å². The molecule has 0 fully saturated rings. The predicted octanol–water partition coefficient (Wildman–Crippen LogP) is 1.58. The molecular weight excluding hydrogens is 426 g/mol. The zero-order valence-electron chi connectivity index (χ0n) is 7.28. The van der Waals surface area contributed by atoms with Crippen LogP contribution in [0.3, 0.4) is 0 Å². The van der Waals surface area contributed by atoms with Crippen LogP contribution in [0.25, 0.3) is 0 Å². The molecule has 1 aromatic carbocycles. The van der Waals surface area contributed by atoms with Gasteiger partial charge in [-0.2, -0.15) is 0 Å². The number of hydrogen-bond donors (Lipinski definition) is 2. The summed E-state index contributed by atoms with van der Waals surface area (Å²) in [7, 11) is 0. The molecule has 1 atom stereocenters. The normalized spacial score (nSPS) is 12.2. The number of hydrogen-bond acceptors (Lipinski definition) is 3. The van der Waals surface area contributed by atoms with Crippen LogP contribution < -0.4 is 0 Å². The quantitative estimate of drug-likeness (QED) is 0.563. The van der Waals surface area contributed by atoms with Gasteiger partial charge in [-0.3, -0.25) is 4.79 Å². The molecule has 0 spiro atoms. The van der Waals surface area contributed by atoms with Crippen molar-refractivity contribution < 1.29 is 19.8 Å². The van der Waals surface area contributed by atoms with Gasteiger partial charge in [0.05, 0.1) is 0 Å². The van der Waals surface area contributed by atoms with Crippen LogP contribution in [0.2, 0.25) is 0 Å². The molecule has 4 nitrogen and oxygen atoms in total. The van der Waals surface area contributed by atoms with E-state index in [4.69, 9.17) is 5.11 Å². The zero-order valence-corrected chi connectivity index (χ0v) is 11.6. The molecule has 1 aromatic rings. The molecule has 0 radical (unpaired) electrons.